The van der Waals surface area contributed by atoms with Gasteiger partial charge in [0.05, 0.1) is 13.2 Å². The average Bonchev–Trinajstić information content (AvgIpc) is 2.34. The molecule has 1 fully saturated rings. The largest absolute Gasteiger partial charge is 0.465 e. The van der Waals surface area contributed by atoms with E-state index in [4.69, 9.17) is 18.9 Å². The minimum atomic E-state index is -0.217. The molecule has 0 aliphatic carbocycles. The van der Waals surface area contributed by atoms with Crippen LogP contribution in [-0.4, -0.2) is 58.0 Å². The molecule has 18 heavy (non-hydrogen) atoms. The Bertz CT molecular complexity index is 217. The van der Waals surface area contributed by atoms with E-state index in [1.54, 1.807) is 0 Å². The molecule has 1 rings (SSSR count). The predicted molar refractivity (Wildman–Crippen MR) is 63.2 cm³/mol. The van der Waals surface area contributed by atoms with Crippen LogP contribution in [0.15, 0.2) is 0 Å². The molecule has 0 spiro atoms. The van der Waals surface area contributed by atoms with E-state index in [1.807, 2.05) is 13.8 Å². The minimum Gasteiger partial charge on any atom is -0.465 e. The van der Waals surface area contributed by atoms with Gasteiger partial charge in [-0.25, -0.2) is 0 Å². The highest BCUT2D eigenvalue weighted by Crippen LogP contribution is 2.17. The van der Waals surface area contributed by atoms with E-state index in [9.17, 15) is 4.79 Å². The van der Waals surface area contributed by atoms with Crippen LogP contribution in [0.25, 0.3) is 0 Å². The molecule has 6 heteroatoms. The monoisotopic (exact) mass is 262 g/mol. The molecule has 0 aromatic heterocycles. The third kappa shape index (κ3) is 5.30. The maximum absolute atomic E-state index is 10.1. The van der Waals surface area contributed by atoms with Gasteiger partial charge >= 0.3 is 0 Å². The van der Waals surface area contributed by atoms with E-state index >= 15 is 0 Å². The van der Waals surface area contributed by atoms with Gasteiger partial charge in [-0.2, -0.15) is 0 Å². The molecule has 0 saturated carbocycles. The van der Waals surface area contributed by atoms with E-state index in [-0.39, 0.29) is 25.1 Å². The molecule has 0 aromatic rings. The van der Waals surface area contributed by atoms with E-state index in [2.05, 4.69) is 4.74 Å². The first-order valence-electron chi connectivity index (χ1n) is 6.33. The van der Waals surface area contributed by atoms with E-state index in [0.717, 1.165) is 0 Å². The zero-order chi connectivity index (χ0) is 13.2. The number of rotatable bonds is 11. The molecule has 0 aromatic carbocycles. The number of ether oxygens (including phenoxy) is 5. The summed E-state index contributed by atoms with van der Waals surface area (Å²) in [5.41, 5.74) is 0. The lowest BCUT2D eigenvalue weighted by atomic mass is 10.1. The Morgan fingerprint density at radius 2 is 2.06 bits per heavy atom. The maximum atomic E-state index is 10.1. The zero-order valence-corrected chi connectivity index (χ0v) is 11.0. The molecule has 0 amide bonds. The van der Waals surface area contributed by atoms with Crippen molar-refractivity contribution >= 4 is 6.47 Å². The molecule has 2 atom stereocenters. The highest BCUT2D eigenvalue weighted by atomic mass is 16.7. The van der Waals surface area contributed by atoms with Crippen LogP contribution < -0.4 is 0 Å². The van der Waals surface area contributed by atoms with E-state index in [0.29, 0.717) is 39.3 Å². The van der Waals surface area contributed by atoms with Crippen LogP contribution in [0.5, 0.6) is 0 Å². The average molecular weight is 262 g/mol. The molecule has 1 heterocycles. The summed E-state index contributed by atoms with van der Waals surface area (Å²) in [7, 11) is 0. The highest BCUT2D eigenvalue weighted by molar-refractivity contribution is 5.36. The van der Waals surface area contributed by atoms with Gasteiger partial charge in [0.25, 0.3) is 6.47 Å². The normalized spacial score (nSPS) is 22.8. The summed E-state index contributed by atoms with van der Waals surface area (Å²) < 4.78 is 26.3. The first-order valence-corrected chi connectivity index (χ1v) is 6.33. The van der Waals surface area contributed by atoms with Crippen molar-refractivity contribution in [2.45, 2.75) is 38.8 Å². The van der Waals surface area contributed by atoms with Crippen molar-refractivity contribution in [2.24, 2.45) is 0 Å². The van der Waals surface area contributed by atoms with Gasteiger partial charge in [0.15, 0.2) is 6.29 Å². The minimum absolute atomic E-state index is 0.00569. The third-order valence-corrected chi connectivity index (χ3v) is 2.61. The summed E-state index contributed by atoms with van der Waals surface area (Å²) >= 11 is 0. The second-order valence-electron chi connectivity index (χ2n) is 3.84. The molecule has 1 aliphatic rings. The molecular weight excluding hydrogens is 240 g/mol. The summed E-state index contributed by atoms with van der Waals surface area (Å²) in [6.45, 7) is 6.84. The summed E-state index contributed by atoms with van der Waals surface area (Å²) in [6, 6.07) is 0. The van der Waals surface area contributed by atoms with Crippen LogP contribution in [0.1, 0.15) is 20.3 Å². The first kappa shape index (κ1) is 15.4. The van der Waals surface area contributed by atoms with Gasteiger partial charge in [-0.3, -0.25) is 4.79 Å². The fourth-order valence-corrected chi connectivity index (χ4v) is 1.66. The Morgan fingerprint density at radius 1 is 1.33 bits per heavy atom. The highest BCUT2D eigenvalue weighted by Gasteiger charge is 2.33. The van der Waals surface area contributed by atoms with Crippen LogP contribution in [0, 0.1) is 0 Å². The Balaban J connectivity index is 2.10. The SMILES string of the molecule is CCOC(CCOC1COC1COC=O)OCC. The van der Waals surface area contributed by atoms with Gasteiger partial charge < -0.3 is 23.7 Å². The Hall–Kier alpha value is -0.690. The number of carbonyl (C=O) groups excluding carboxylic acids is 1. The van der Waals surface area contributed by atoms with Crippen LogP contribution in [0.4, 0.5) is 0 Å². The van der Waals surface area contributed by atoms with Crippen LogP contribution >= 0.6 is 0 Å². The second kappa shape index (κ2) is 9.27. The quantitative estimate of drug-likeness (QED) is 0.404. The van der Waals surface area contributed by atoms with Gasteiger partial charge in [-0.05, 0) is 13.8 Å². The molecule has 106 valence electrons. The van der Waals surface area contributed by atoms with Gasteiger partial charge in [-0.1, -0.05) is 0 Å². The van der Waals surface area contributed by atoms with Crippen LogP contribution in [0.3, 0.4) is 0 Å². The lowest BCUT2D eigenvalue weighted by Gasteiger charge is -2.35. The topological polar surface area (TPSA) is 63.2 Å². The third-order valence-electron chi connectivity index (χ3n) is 2.61. The fraction of sp³-hybridized carbons (Fsp3) is 0.917. The number of carbonyl (C=O) groups is 1. The Morgan fingerprint density at radius 3 is 2.56 bits per heavy atom. The predicted octanol–water partition coefficient (Wildman–Crippen LogP) is 0.733. The summed E-state index contributed by atoms with van der Waals surface area (Å²) in [4.78, 5) is 10.1. The summed E-state index contributed by atoms with van der Waals surface area (Å²) in [5.74, 6) is 0. The lowest BCUT2D eigenvalue weighted by molar-refractivity contribution is -0.213. The van der Waals surface area contributed by atoms with Gasteiger partial charge in [0.1, 0.15) is 18.8 Å². The molecule has 2 unspecified atom stereocenters. The molecule has 0 bridgehead atoms. The Labute approximate surface area is 107 Å². The maximum Gasteiger partial charge on any atom is 0.293 e. The van der Waals surface area contributed by atoms with Crippen LogP contribution in [-0.2, 0) is 28.5 Å². The summed E-state index contributed by atoms with van der Waals surface area (Å²) in [6.07, 6.45) is 0.312. The van der Waals surface area contributed by atoms with Crippen molar-refractivity contribution in [3.63, 3.8) is 0 Å². The zero-order valence-electron chi connectivity index (χ0n) is 11.0. The van der Waals surface area contributed by atoms with Gasteiger partial charge in [0, 0.05) is 19.6 Å². The molecule has 1 saturated heterocycles. The van der Waals surface area contributed by atoms with E-state index < -0.39 is 0 Å². The van der Waals surface area contributed by atoms with Crippen molar-refractivity contribution < 1.29 is 28.5 Å². The van der Waals surface area contributed by atoms with Gasteiger partial charge in [0.2, 0.25) is 0 Å². The van der Waals surface area contributed by atoms with Crippen LogP contribution in [0.2, 0.25) is 0 Å². The molecule has 0 radical (unpaired) electrons. The molecule has 0 N–H and O–H groups in total. The van der Waals surface area contributed by atoms with Gasteiger partial charge in [-0.15, -0.1) is 0 Å². The second-order valence-corrected chi connectivity index (χ2v) is 3.84. The molecular formula is C12H22O6. The fourth-order valence-electron chi connectivity index (χ4n) is 1.66. The molecule has 1 aliphatic heterocycles. The smallest absolute Gasteiger partial charge is 0.293 e. The Kier molecular flexibility index (Phi) is 7.91. The van der Waals surface area contributed by atoms with Crippen molar-refractivity contribution in [2.75, 3.05) is 33.0 Å². The standard InChI is InChI=1S/C12H22O6/c1-3-15-12(16-4-2)5-6-17-11-8-18-10(11)7-14-9-13/h9-12H,3-8H2,1-2H3. The first-order chi connectivity index (χ1) is 8.81. The van der Waals surface area contributed by atoms with Crippen molar-refractivity contribution in [1.29, 1.82) is 0 Å². The number of hydrogen-bond acceptors (Lipinski definition) is 6. The van der Waals surface area contributed by atoms with Crippen molar-refractivity contribution in [1.82, 2.24) is 0 Å². The van der Waals surface area contributed by atoms with Crippen molar-refractivity contribution in [3.8, 4) is 0 Å². The lowest BCUT2D eigenvalue weighted by Crippen LogP contribution is -2.49. The summed E-state index contributed by atoms with van der Waals surface area (Å²) in [5, 5.41) is 0. The molecule has 6 nitrogen and oxygen atoms in total. The van der Waals surface area contributed by atoms with Crippen molar-refractivity contribution in [3.05, 3.63) is 0 Å². The van der Waals surface area contributed by atoms with E-state index in [1.165, 1.54) is 0 Å². The number of hydrogen-bond donors (Lipinski definition) is 0.